The van der Waals surface area contributed by atoms with E-state index in [2.05, 4.69) is 33.0 Å². The average Bonchev–Trinajstić information content (AvgIpc) is 3.30. The molecular weight excluding hydrogens is 513 g/mol. The van der Waals surface area contributed by atoms with Crippen molar-refractivity contribution in [3.05, 3.63) is 39.7 Å². The molecule has 5 N–H and O–H groups in total. The van der Waals surface area contributed by atoms with E-state index < -0.39 is 23.5 Å². The van der Waals surface area contributed by atoms with E-state index in [9.17, 15) is 23.6 Å². The van der Waals surface area contributed by atoms with Crippen molar-refractivity contribution in [2.24, 2.45) is 17.4 Å². The SMILES string of the molecule is CN(C)CC(=O)C1CCCCC1.CN1CCc2nc(C(N)=O)sc2C1.NC(=O)C(=O)Nc1ccc(F)cn1. The molecule has 2 aromatic rings. The zero-order chi connectivity index (χ0) is 28.2. The van der Waals surface area contributed by atoms with Gasteiger partial charge in [0.2, 0.25) is 0 Å². The maximum atomic E-state index is 12.3. The number of fused-ring (bicyclic) bond motifs is 1. The normalized spacial score (nSPS) is 15.3. The number of nitrogens with zero attached hydrogens (tertiary/aromatic N) is 4. The van der Waals surface area contributed by atoms with Gasteiger partial charge in [0, 0.05) is 30.3 Å². The second kappa shape index (κ2) is 15.2. The van der Waals surface area contributed by atoms with Crippen molar-refractivity contribution in [2.75, 3.05) is 39.5 Å². The second-order valence-corrected chi connectivity index (χ2v) is 10.5. The minimum Gasteiger partial charge on any atom is -0.364 e. The molecule has 0 aromatic carbocycles. The highest BCUT2D eigenvalue weighted by Crippen LogP contribution is 2.25. The van der Waals surface area contributed by atoms with Crippen molar-refractivity contribution >= 4 is 40.7 Å². The van der Waals surface area contributed by atoms with Gasteiger partial charge in [0.25, 0.3) is 5.91 Å². The van der Waals surface area contributed by atoms with Gasteiger partial charge in [0.05, 0.1) is 18.4 Å². The number of rotatable bonds is 5. The molecule has 13 heteroatoms. The van der Waals surface area contributed by atoms with Crippen LogP contribution < -0.4 is 16.8 Å². The molecule has 1 saturated carbocycles. The van der Waals surface area contributed by atoms with Crippen LogP contribution in [-0.2, 0) is 27.3 Å². The topological polar surface area (TPSA) is 165 Å². The Hall–Kier alpha value is -3.29. The van der Waals surface area contributed by atoms with Gasteiger partial charge in [0.15, 0.2) is 5.01 Å². The summed E-state index contributed by atoms with van der Waals surface area (Å²) in [6, 6.07) is 2.32. The van der Waals surface area contributed by atoms with E-state index in [0.717, 1.165) is 50.3 Å². The molecule has 2 aromatic heterocycles. The van der Waals surface area contributed by atoms with E-state index in [1.165, 1.54) is 41.5 Å². The van der Waals surface area contributed by atoms with Gasteiger partial charge in [-0.3, -0.25) is 19.2 Å². The first-order valence-electron chi connectivity index (χ1n) is 12.3. The summed E-state index contributed by atoms with van der Waals surface area (Å²) in [4.78, 5) is 56.4. The highest BCUT2D eigenvalue weighted by atomic mass is 32.1. The van der Waals surface area contributed by atoms with Crippen LogP contribution in [0, 0.1) is 11.7 Å². The molecule has 1 aliphatic heterocycles. The first-order chi connectivity index (χ1) is 18.0. The number of nitrogens with two attached hydrogens (primary N) is 2. The zero-order valence-electron chi connectivity index (χ0n) is 22.0. The summed E-state index contributed by atoms with van der Waals surface area (Å²) in [6.07, 6.45) is 7.94. The Morgan fingerprint density at radius 3 is 2.39 bits per heavy atom. The summed E-state index contributed by atoms with van der Waals surface area (Å²) in [5.41, 5.74) is 10.9. The smallest absolute Gasteiger partial charge is 0.314 e. The Bertz CT molecular complexity index is 1100. The molecule has 11 nitrogen and oxygen atoms in total. The number of hydrogen-bond donors (Lipinski definition) is 3. The molecule has 0 radical (unpaired) electrons. The van der Waals surface area contributed by atoms with Gasteiger partial charge >= 0.3 is 11.8 Å². The predicted octanol–water partition coefficient (Wildman–Crippen LogP) is 1.57. The lowest BCUT2D eigenvalue weighted by Gasteiger charge is -2.21. The van der Waals surface area contributed by atoms with Gasteiger partial charge < -0.3 is 26.6 Å². The summed E-state index contributed by atoms with van der Waals surface area (Å²) in [7, 11) is 5.98. The number of thiazole rings is 1. The molecule has 38 heavy (non-hydrogen) atoms. The van der Waals surface area contributed by atoms with E-state index in [1.807, 2.05) is 19.0 Å². The van der Waals surface area contributed by atoms with Crippen LogP contribution in [0.3, 0.4) is 0 Å². The van der Waals surface area contributed by atoms with Gasteiger partial charge in [-0.15, -0.1) is 11.3 Å². The molecule has 0 spiro atoms. The Labute approximate surface area is 225 Å². The fourth-order valence-corrected chi connectivity index (χ4v) is 4.96. The molecule has 0 saturated heterocycles. The predicted molar refractivity (Wildman–Crippen MR) is 143 cm³/mol. The summed E-state index contributed by atoms with van der Waals surface area (Å²) >= 11 is 1.42. The van der Waals surface area contributed by atoms with Crippen molar-refractivity contribution in [1.29, 1.82) is 0 Å². The molecular formula is C25H36FN7O4S. The van der Waals surface area contributed by atoms with Crippen molar-refractivity contribution in [1.82, 2.24) is 19.8 Å². The van der Waals surface area contributed by atoms with Crippen LogP contribution in [0.4, 0.5) is 10.2 Å². The summed E-state index contributed by atoms with van der Waals surface area (Å²) in [5, 5.41) is 2.52. The lowest BCUT2D eigenvalue weighted by atomic mass is 9.86. The molecule has 0 bridgehead atoms. The summed E-state index contributed by atoms with van der Waals surface area (Å²) in [6.45, 7) is 2.53. The number of primary amides is 2. The molecule has 0 atom stereocenters. The lowest BCUT2D eigenvalue weighted by molar-refractivity contribution is -0.134. The highest BCUT2D eigenvalue weighted by molar-refractivity contribution is 7.13. The van der Waals surface area contributed by atoms with E-state index >= 15 is 0 Å². The van der Waals surface area contributed by atoms with Gasteiger partial charge in [-0.25, -0.2) is 14.4 Å². The fourth-order valence-electron chi connectivity index (χ4n) is 3.92. The van der Waals surface area contributed by atoms with Gasteiger partial charge in [0.1, 0.15) is 17.4 Å². The summed E-state index contributed by atoms with van der Waals surface area (Å²) in [5.74, 6) is -2.16. The molecule has 1 aliphatic carbocycles. The summed E-state index contributed by atoms with van der Waals surface area (Å²) < 4.78 is 12.3. The molecule has 208 valence electrons. The number of carbonyl (C=O) groups is 4. The molecule has 3 heterocycles. The Morgan fingerprint density at radius 1 is 1.16 bits per heavy atom. The zero-order valence-corrected chi connectivity index (χ0v) is 22.9. The lowest BCUT2D eigenvalue weighted by Crippen LogP contribution is -2.29. The number of aromatic nitrogens is 2. The Kier molecular flexibility index (Phi) is 12.4. The Balaban J connectivity index is 0.000000200. The van der Waals surface area contributed by atoms with Gasteiger partial charge in [-0.05, 0) is 46.1 Å². The third-order valence-electron chi connectivity index (χ3n) is 5.86. The number of carbonyl (C=O) groups excluding carboxylic acids is 4. The van der Waals surface area contributed by atoms with Crippen molar-refractivity contribution in [2.45, 2.75) is 45.1 Å². The molecule has 2 aliphatic rings. The third kappa shape index (κ3) is 10.6. The second-order valence-electron chi connectivity index (χ2n) is 9.46. The number of amides is 3. The minimum absolute atomic E-state index is 0.0743. The fraction of sp³-hybridized carbons (Fsp3) is 0.520. The third-order valence-corrected chi connectivity index (χ3v) is 6.96. The van der Waals surface area contributed by atoms with E-state index in [4.69, 9.17) is 5.73 Å². The number of halogens is 1. The van der Waals surface area contributed by atoms with Crippen LogP contribution >= 0.6 is 11.3 Å². The maximum absolute atomic E-state index is 12.3. The number of anilines is 1. The van der Waals surface area contributed by atoms with E-state index in [0.29, 0.717) is 23.3 Å². The molecule has 4 rings (SSSR count). The average molecular weight is 550 g/mol. The van der Waals surface area contributed by atoms with Crippen LogP contribution in [0.5, 0.6) is 0 Å². The van der Waals surface area contributed by atoms with E-state index in [-0.39, 0.29) is 5.82 Å². The first-order valence-corrected chi connectivity index (χ1v) is 13.1. The molecule has 1 fully saturated rings. The van der Waals surface area contributed by atoms with Crippen LogP contribution in [0.15, 0.2) is 18.3 Å². The van der Waals surface area contributed by atoms with Crippen molar-refractivity contribution in [3.8, 4) is 0 Å². The van der Waals surface area contributed by atoms with Crippen LogP contribution in [0.2, 0.25) is 0 Å². The molecule has 3 amide bonds. The number of hydrogen-bond acceptors (Lipinski definition) is 9. The number of likely N-dealkylation sites (N-methyl/N-ethyl adjacent to an activating group) is 2. The first kappa shape index (κ1) is 30.9. The standard InChI is InChI=1S/C10H19NO.C8H11N3OS.C7H6FN3O2/c1-11(2)8-10(12)9-6-4-3-5-7-9;1-11-3-2-5-6(4-11)13-8(10-5)7(9)12;8-4-1-2-5(10-3-4)11-7(13)6(9)12/h9H,3-8H2,1-2H3;2-4H2,1H3,(H2,9,12);1-3H,(H2,9,12)(H,10,11,13). The highest BCUT2D eigenvalue weighted by Gasteiger charge is 2.21. The monoisotopic (exact) mass is 549 g/mol. The van der Waals surface area contributed by atoms with Crippen LogP contribution in [-0.4, -0.2) is 77.5 Å². The van der Waals surface area contributed by atoms with Gasteiger partial charge in [-0.1, -0.05) is 19.3 Å². The largest absolute Gasteiger partial charge is 0.364 e. The number of ketones is 1. The van der Waals surface area contributed by atoms with Crippen molar-refractivity contribution in [3.63, 3.8) is 0 Å². The number of Topliss-reactive ketones (excluding diaryl/α,β-unsaturated/α-hetero) is 1. The van der Waals surface area contributed by atoms with Crippen LogP contribution in [0.1, 0.15) is 52.5 Å². The minimum atomic E-state index is -1.12. The van der Waals surface area contributed by atoms with E-state index in [1.54, 1.807) is 0 Å². The quantitative estimate of drug-likeness (QED) is 0.473. The Morgan fingerprint density at radius 2 is 1.84 bits per heavy atom. The number of pyridine rings is 1. The van der Waals surface area contributed by atoms with Gasteiger partial charge in [-0.2, -0.15) is 0 Å². The van der Waals surface area contributed by atoms with Crippen LogP contribution in [0.25, 0.3) is 0 Å². The maximum Gasteiger partial charge on any atom is 0.314 e. The van der Waals surface area contributed by atoms with Crippen molar-refractivity contribution < 1.29 is 23.6 Å². The molecule has 0 unspecified atom stereocenters. The number of nitrogens with one attached hydrogen (secondary N) is 1.